The third kappa shape index (κ3) is 3.93. The van der Waals surface area contributed by atoms with E-state index in [9.17, 15) is 5.11 Å². The van der Waals surface area contributed by atoms with Crippen LogP contribution in [0.15, 0.2) is 24.3 Å². The number of nitrogens with zero attached hydrogens (tertiary/aromatic N) is 1. The van der Waals surface area contributed by atoms with Gasteiger partial charge in [0.25, 0.3) is 0 Å². The summed E-state index contributed by atoms with van der Waals surface area (Å²) in [5, 5.41) is 30.7. The Kier molecular flexibility index (Phi) is 4.38. The van der Waals surface area contributed by atoms with E-state index in [0.717, 1.165) is 12.8 Å². The Morgan fingerprint density at radius 3 is 2.58 bits per heavy atom. The Balaban J connectivity index is 1.70. The lowest BCUT2D eigenvalue weighted by atomic mass is 10.2. The molecule has 102 valence electrons. The van der Waals surface area contributed by atoms with Gasteiger partial charge in [-0.05, 0) is 37.1 Å². The zero-order chi connectivity index (χ0) is 13.7. The number of aliphatic hydroxyl groups is 2. The molecule has 3 N–H and O–H groups in total. The van der Waals surface area contributed by atoms with Gasteiger partial charge in [-0.3, -0.25) is 0 Å². The van der Waals surface area contributed by atoms with Crippen molar-refractivity contribution >= 4 is 0 Å². The number of rotatable bonds is 7. The monoisotopic (exact) mass is 262 g/mol. The standard InChI is InChI=1S/C14H18N2O3/c15-7-11-1-3-13(4-2-11)19-9-12(18)8-16-14(10-17)5-6-14/h1-4,12,16-18H,5-6,8-10H2. The molecule has 1 aromatic carbocycles. The van der Waals surface area contributed by atoms with E-state index in [-0.39, 0.29) is 18.8 Å². The number of ether oxygens (including phenoxy) is 1. The van der Waals surface area contributed by atoms with E-state index in [2.05, 4.69) is 5.32 Å². The van der Waals surface area contributed by atoms with Crippen LogP contribution in [0.4, 0.5) is 0 Å². The molecule has 1 saturated carbocycles. The van der Waals surface area contributed by atoms with E-state index >= 15 is 0 Å². The van der Waals surface area contributed by atoms with Crippen LogP contribution in [-0.2, 0) is 0 Å². The van der Waals surface area contributed by atoms with E-state index in [1.165, 1.54) is 0 Å². The molecule has 0 amide bonds. The van der Waals surface area contributed by atoms with Crippen LogP contribution in [0.25, 0.3) is 0 Å². The number of aliphatic hydroxyl groups excluding tert-OH is 2. The van der Waals surface area contributed by atoms with Gasteiger partial charge in [0.15, 0.2) is 0 Å². The molecule has 0 heterocycles. The second-order valence-electron chi connectivity index (χ2n) is 4.92. The quantitative estimate of drug-likeness (QED) is 0.663. The minimum atomic E-state index is -0.625. The minimum Gasteiger partial charge on any atom is -0.491 e. The lowest BCUT2D eigenvalue weighted by molar-refractivity contribution is 0.0979. The highest BCUT2D eigenvalue weighted by Gasteiger charge is 2.41. The van der Waals surface area contributed by atoms with Crippen molar-refractivity contribution in [1.29, 1.82) is 5.26 Å². The fourth-order valence-electron chi connectivity index (χ4n) is 1.75. The highest BCUT2D eigenvalue weighted by molar-refractivity contribution is 5.34. The summed E-state index contributed by atoms with van der Waals surface area (Å²) in [6, 6.07) is 8.78. The number of nitrogens with one attached hydrogen (secondary N) is 1. The van der Waals surface area contributed by atoms with Gasteiger partial charge in [-0.1, -0.05) is 0 Å². The van der Waals surface area contributed by atoms with Gasteiger partial charge in [0.1, 0.15) is 18.5 Å². The third-order valence-corrected chi connectivity index (χ3v) is 3.29. The molecule has 0 aromatic heterocycles. The zero-order valence-electron chi connectivity index (χ0n) is 10.7. The number of hydrogen-bond donors (Lipinski definition) is 3. The summed E-state index contributed by atoms with van der Waals surface area (Å²) in [5.41, 5.74) is 0.406. The molecular formula is C14H18N2O3. The van der Waals surface area contributed by atoms with E-state index in [1.54, 1.807) is 24.3 Å². The molecule has 1 unspecified atom stereocenters. The molecule has 1 fully saturated rings. The molecule has 0 bridgehead atoms. The van der Waals surface area contributed by atoms with Crippen molar-refractivity contribution in [2.75, 3.05) is 19.8 Å². The summed E-state index contributed by atoms with van der Waals surface area (Å²) >= 11 is 0. The van der Waals surface area contributed by atoms with Crippen LogP contribution in [-0.4, -0.2) is 41.6 Å². The molecule has 1 aromatic rings. The van der Waals surface area contributed by atoms with E-state index in [4.69, 9.17) is 15.1 Å². The molecule has 0 spiro atoms. The van der Waals surface area contributed by atoms with Gasteiger partial charge in [0.2, 0.25) is 0 Å². The summed E-state index contributed by atoms with van der Waals surface area (Å²) in [5.74, 6) is 0.626. The van der Waals surface area contributed by atoms with Gasteiger partial charge in [0.05, 0.1) is 18.2 Å². The van der Waals surface area contributed by atoms with Crippen molar-refractivity contribution in [2.45, 2.75) is 24.5 Å². The first-order chi connectivity index (χ1) is 9.17. The first-order valence-electron chi connectivity index (χ1n) is 6.34. The molecule has 19 heavy (non-hydrogen) atoms. The Hall–Kier alpha value is -1.61. The summed E-state index contributed by atoms with van der Waals surface area (Å²) in [6.07, 6.45) is 1.28. The molecular weight excluding hydrogens is 244 g/mol. The van der Waals surface area contributed by atoms with Gasteiger partial charge >= 0.3 is 0 Å². The summed E-state index contributed by atoms with van der Waals surface area (Å²) in [4.78, 5) is 0. The van der Waals surface area contributed by atoms with Crippen LogP contribution in [0.3, 0.4) is 0 Å². The predicted octanol–water partition coefficient (Wildman–Crippen LogP) is 0.412. The van der Waals surface area contributed by atoms with Gasteiger partial charge in [-0.15, -0.1) is 0 Å². The fourth-order valence-corrected chi connectivity index (χ4v) is 1.75. The average molecular weight is 262 g/mol. The molecule has 1 aliphatic carbocycles. The van der Waals surface area contributed by atoms with Crippen molar-refractivity contribution < 1.29 is 14.9 Å². The van der Waals surface area contributed by atoms with Crippen LogP contribution < -0.4 is 10.1 Å². The Morgan fingerprint density at radius 1 is 1.37 bits per heavy atom. The fraction of sp³-hybridized carbons (Fsp3) is 0.500. The summed E-state index contributed by atoms with van der Waals surface area (Å²) in [6.45, 7) is 0.688. The molecule has 1 atom stereocenters. The maximum atomic E-state index is 9.78. The van der Waals surface area contributed by atoms with E-state index in [0.29, 0.717) is 17.9 Å². The predicted molar refractivity (Wildman–Crippen MR) is 69.7 cm³/mol. The number of benzene rings is 1. The SMILES string of the molecule is N#Cc1ccc(OCC(O)CNC2(CO)CC2)cc1. The van der Waals surface area contributed by atoms with Crippen LogP contribution in [0.1, 0.15) is 18.4 Å². The lowest BCUT2D eigenvalue weighted by Crippen LogP contribution is -2.41. The second-order valence-corrected chi connectivity index (χ2v) is 4.92. The van der Waals surface area contributed by atoms with Gasteiger partial charge < -0.3 is 20.3 Å². The lowest BCUT2D eigenvalue weighted by Gasteiger charge is -2.18. The second kappa shape index (κ2) is 6.02. The Morgan fingerprint density at radius 2 is 2.05 bits per heavy atom. The topological polar surface area (TPSA) is 85.5 Å². The molecule has 0 aliphatic heterocycles. The maximum absolute atomic E-state index is 9.78. The number of β-amino-alcohol motifs (C(OH)–C–C–N with tert-alkyl or cyclic N) is 1. The van der Waals surface area contributed by atoms with Crippen LogP contribution in [0.5, 0.6) is 5.75 Å². The summed E-state index contributed by atoms with van der Waals surface area (Å²) < 4.78 is 5.42. The van der Waals surface area contributed by atoms with Gasteiger partial charge in [0, 0.05) is 12.1 Å². The van der Waals surface area contributed by atoms with Gasteiger partial charge in [-0.2, -0.15) is 5.26 Å². The van der Waals surface area contributed by atoms with Crippen LogP contribution in [0.2, 0.25) is 0 Å². The van der Waals surface area contributed by atoms with Crippen molar-refractivity contribution in [1.82, 2.24) is 5.32 Å². The summed E-state index contributed by atoms with van der Waals surface area (Å²) in [7, 11) is 0. The van der Waals surface area contributed by atoms with E-state index < -0.39 is 6.10 Å². The highest BCUT2D eigenvalue weighted by Crippen LogP contribution is 2.34. The largest absolute Gasteiger partial charge is 0.491 e. The molecule has 5 heteroatoms. The average Bonchev–Trinajstić information content (AvgIpc) is 3.24. The molecule has 1 aliphatic rings. The minimum absolute atomic E-state index is 0.107. The zero-order valence-corrected chi connectivity index (χ0v) is 10.7. The normalized spacial score (nSPS) is 17.5. The number of hydrogen-bond acceptors (Lipinski definition) is 5. The molecule has 0 saturated heterocycles. The third-order valence-electron chi connectivity index (χ3n) is 3.29. The smallest absolute Gasteiger partial charge is 0.119 e. The molecule has 5 nitrogen and oxygen atoms in total. The first kappa shape index (κ1) is 13.8. The van der Waals surface area contributed by atoms with Crippen LogP contribution in [0, 0.1) is 11.3 Å². The number of nitriles is 1. The van der Waals surface area contributed by atoms with Crippen LogP contribution >= 0.6 is 0 Å². The molecule has 0 radical (unpaired) electrons. The Bertz CT molecular complexity index is 449. The van der Waals surface area contributed by atoms with E-state index in [1.807, 2.05) is 6.07 Å². The van der Waals surface area contributed by atoms with Gasteiger partial charge in [-0.25, -0.2) is 0 Å². The van der Waals surface area contributed by atoms with Crippen molar-refractivity contribution in [3.8, 4) is 11.8 Å². The first-order valence-corrected chi connectivity index (χ1v) is 6.34. The van der Waals surface area contributed by atoms with Crippen molar-refractivity contribution in [2.24, 2.45) is 0 Å². The van der Waals surface area contributed by atoms with Crippen molar-refractivity contribution in [3.05, 3.63) is 29.8 Å². The van der Waals surface area contributed by atoms with Crippen molar-refractivity contribution in [3.63, 3.8) is 0 Å². The molecule has 2 rings (SSSR count). The Labute approximate surface area is 112 Å². The maximum Gasteiger partial charge on any atom is 0.119 e. The highest BCUT2D eigenvalue weighted by atomic mass is 16.5.